The van der Waals surface area contributed by atoms with Crippen LogP contribution >= 0.6 is 0 Å². The summed E-state index contributed by atoms with van der Waals surface area (Å²) in [6.07, 6.45) is 17.6. The number of nitrogens with zero attached hydrogens (tertiary/aromatic N) is 2. The van der Waals surface area contributed by atoms with Gasteiger partial charge in [-0.2, -0.15) is 0 Å². The van der Waals surface area contributed by atoms with E-state index >= 15 is 0 Å². The van der Waals surface area contributed by atoms with E-state index in [2.05, 4.69) is 24.0 Å². The van der Waals surface area contributed by atoms with Gasteiger partial charge in [-0.25, -0.2) is 4.39 Å². The second kappa shape index (κ2) is 14.3. The van der Waals surface area contributed by atoms with Gasteiger partial charge in [0.25, 0.3) is 0 Å². The Balaban J connectivity index is 1.42. The standard InChI is InChI=1S/C29H43FN2O/c1-3-5-7-8-10-23-11-13-24(14-12-23)15-16-25-17-18-26(22-27(25)30)28-19-20-29(32-31-28)33-21-9-6-4-2/h17-20,22-24H,3-16,21H2,1-2H3. The van der Waals surface area contributed by atoms with Crippen molar-refractivity contribution in [2.45, 2.75) is 104 Å². The molecule has 1 heterocycles. The fourth-order valence-electron chi connectivity index (χ4n) is 5.02. The van der Waals surface area contributed by atoms with Crippen LogP contribution in [-0.2, 0) is 6.42 Å². The van der Waals surface area contributed by atoms with Gasteiger partial charge in [-0.1, -0.05) is 96.6 Å². The third-order valence-electron chi connectivity index (χ3n) is 7.24. The summed E-state index contributed by atoms with van der Waals surface area (Å²) in [5.41, 5.74) is 2.27. The molecular formula is C29H43FN2O. The molecular weight excluding hydrogens is 411 g/mol. The maximum atomic E-state index is 14.8. The number of aryl methyl sites for hydroxylation is 1. The van der Waals surface area contributed by atoms with Crippen LogP contribution in [0.3, 0.4) is 0 Å². The van der Waals surface area contributed by atoms with E-state index in [1.54, 1.807) is 6.07 Å². The number of halogens is 1. The third kappa shape index (κ3) is 8.72. The minimum atomic E-state index is -0.126. The predicted molar refractivity (Wildman–Crippen MR) is 135 cm³/mol. The van der Waals surface area contributed by atoms with E-state index in [9.17, 15) is 4.39 Å². The largest absolute Gasteiger partial charge is 0.477 e. The number of benzene rings is 1. The summed E-state index contributed by atoms with van der Waals surface area (Å²) in [6, 6.07) is 9.18. The zero-order valence-electron chi connectivity index (χ0n) is 20.8. The lowest BCUT2D eigenvalue weighted by molar-refractivity contribution is 0.248. The Labute approximate surface area is 200 Å². The third-order valence-corrected chi connectivity index (χ3v) is 7.24. The molecule has 1 aromatic carbocycles. The van der Waals surface area contributed by atoms with Crippen molar-refractivity contribution in [1.82, 2.24) is 10.2 Å². The second-order valence-corrected chi connectivity index (χ2v) is 9.89. The summed E-state index contributed by atoms with van der Waals surface area (Å²) in [6.45, 7) is 5.10. The molecule has 0 bridgehead atoms. The molecule has 1 fully saturated rings. The van der Waals surface area contributed by atoms with Crippen molar-refractivity contribution >= 4 is 0 Å². The quantitative estimate of drug-likeness (QED) is 0.268. The maximum absolute atomic E-state index is 14.8. The minimum Gasteiger partial charge on any atom is -0.477 e. The molecule has 3 rings (SSSR count). The molecule has 0 radical (unpaired) electrons. The Morgan fingerprint density at radius 1 is 0.818 bits per heavy atom. The first-order valence-electron chi connectivity index (χ1n) is 13.4. The van der Waals surface area contributed by atoms with E-state index in [-0.39, 0.29) is 5.82 Å². The Hall–Kier alpha value is -1.97. The van der Waals surface area contributed by atoms with Crippen LogP contribution in [0.5, 0.6) is 5.88 Å². The fourth-order valence-corrected chi connectivity index (χ4v) is 5.02. The van der Waals surface area contributed by atoms with Gasteiger partial charge in [-0.15, -0.1) is 10.2 Å². The summed E-state index contributed by atoms with van der Waals surface area (Å²) < 4.78 is 20.4. The predicted octanol–water partition coefficient (Wildman–Crippen LogP) is 8.56. The zero-order chi connectivity index (χ0) is 23.3. The molecule has 182 valence electrons. The first-order chi connectivity index (χ1) is 16.2. The molecule has 3 nitrogen and oxygen atoms in total. The van der Waals surface area contributed by atoms with Crippen LogP contribution in [-0.4, -0.2) is 16.8 Å². The summed E-state index contributed by atoms with van der Waals surface area (Å²) in [7, 11) is 0. The first kappa shape index (κ1) is 25.6. The monoisotopic (exact) mass is 454 g/mol. The molecule has 0 unspecified atom stereocenters. The molecule has 4 heteroatoms. The average molecular weight is 455 g/mol. The summed E-state index contributed by atoms with van der Waals surface area (Å²) in [5.74, 6) is 2.09. The first-order valence-corrected chi connectivity index (χ1v) is 13.4. The topological polar surface area (TPSA) is 35.0 Å². The Kier molecular flexibility index (Phi) is 11.1. The molecule has 1 aliphatic rings. The number of hydrogen-bond acceptors (Lipinski definition) is 3. The number of ether oxygens (including phenoxy) is 1. The van der Waals surface area contributed by atoms with Gasteiger partial charge in [-0.05, 0) is 48.8 Å². The highest BCUT2D eigenvalue weighted by molar-refractivity contribution is 5.59. The van der Waals surface area contributed by atoms with Gasteiger partial charge in [0, 0.05) is 11.6 Å². The second-order valence-electron chi connectivity index (χ2n) is 9.89. The van der Waals surface area contributed by atoms with Crippen LogP contribution in [0.1, 0.15) is 103 Å². The molecule has 0 saturated heterocycles. The van der Waals surface area contributed by atoms with E-state index in [0.717, 1.165) is 55.1 Å². The van der Waals surface area contributed by atoms with Gasteiger partial charge < -0.3 is 4.74 Å². The molecule has 0 spiro atoms. The Morgan fingerprint density at radius 2 is 1.55 bits per heavy atom. The van der Waals surface area contributed by atoms with Gasteiger partial charge >= 0.3 is 0 Å². The minimum absolute atomic E-state index is 0.126. The fraction of sp³-hybridized carbons (Fsp3) is 0.655. The van der Waals surface area contributed by atoms with E-state index < -0.39 is 0 Å². The molecule has 0 amide bonds. The van der Waals surface area contributed by atoms with Crippen molar-refractivity contribution in [3.63, 3.8) is 0 Å². The highest BCUT2D eigenvalue weighted by Crippen LogP contribution is 2.34. The van der Waals surface area contributed by atoms with Crippen molar-refractivity contribution in [3.05, 3.63) is 41.7 Å². The van der Waals surface area contributed by atoms with Gasteiger partial charge in [0.15, 0.2) is 0 Å². The lowest BCUT2D eigenvalue weighted by Crippen LogP contribution is -2.15. The van der Waals surface area contributed by atoms with Gasteiger partial charge in [-0.3, -0.25) is 0 Å². The van der Waals surface area contributed by atoms with Crippen molar-refractivity contribution in [1.29, 1.82) is 0 Å². The van der Waals surface area contributed by atoms with Gasteiger partial charge in [0.2, 0.25) is 5.88 Å². The molecule has 1 saturated carbocycles. The average Bonchev–Trinajstić information content (AvgIpc) is 2.85. The van der Waals surface area contributed by atoms with Crippen molar-refractivity contribution in [2.24, 2.45) is 11.8 Å². The maximum Gasteiger partial charge on any atom is 0.233 e. The zero-order valence-corrected chi connectivity index (χ0v) is 20.8. The van der Waals surface area contributed by atoms with Crippen LogP contribution < -0.4 is 4.74 Å². The molecule has 2 aromatic rings. The summed E-state index contributed by atoms with van der Waals surface area (Å²) in [5, 5.41) is 8.38. The molecule has 0 N–H and O–H groups in total. The lowest BCUT2D eigenvalue weighted by atomic mass is 9.77. The number of unbranched alkanes of at least 4 members (excludes halogenated alkanes) is 5. The molecule has 0 aliphatic heterocycles. The highest BCUT2D eigenvalue weighted by atomic mass is 19.1. The number of aromatic nitrogens is 2. The SMILES string of the molecule is CCCCCCC1CCC(CCc2ccc(-c3ccc(OCCCCC)nn3)cc2F)CC1. The normalized spacial score (nSPS) is 18.4. The van der Waals surface area contributed by atoms with E-state index in [0.29, 0.717) is 18.2 Å². The van der Waals surface area contributed by atoms with Crippen LogP contribution in [0.15, 0.2) is 30.3 Å². The highest BCUT2D eigenvalue weighted by Gasteiger charge is 2.21. The van der Waals surface area contributed by atoms with Crippen molar-refractivity contribution < 1.29 is 9.13 Å². The Morgan fingerprint density at radius 3 is 2.21 bits per heavy atom. The summed E-state index contributed by atoms with van der Waals surface area (Å²) >= 11 is 0. The lowest BCUT2D eigenvalue weighted by Gasteiger charge is -2.28. The number of hydrogen-bond donors (Lipinski definition) is 0. The van der Waals surface area contributed by atoms with Gasteiger partial charge in [0.05, 0.1) is 12.3 Å². The molecule has 1 aliphatic carbocycles. The molecule has 1 aromatic heterocycles. The Bertz CT molecular complexity index is 800. The van der Waals surface area contributed by atoms with Crippen LogP contribution in [0.4, 0.5) is 4.39 Å². The van der Waals surface area contributed by atoms with Crippen LogP contribution in [0, 0.1) is 17.7 Å². The van der Waals surface area contributed by atoms with Crippen LogP contribution in [0.2, 0.25) is 0 Å². The van der Waals surface area contributed by atoms with E-state index in [1.807, 2.05) is 24.3 Å². The smallest absolute Gasteiger partial charge is 0.233 e. The van der Waals surface area contributed by atoms with Gasteiger partial charge in [0.1, 0.15) is 5.82 Å². The van der Waals surface area contributed by atoms with E-state index in [1.165, 1.54) is 57.8 Å². The van der Waals surface area contributed by atoms with E-state index in [4.69, 9.17) is 4.74 Å². The molecule has 0 atom stereocenters. The van der Waals surface area contributed by atoms with Crippen molar-refractivity contribution in [2.75, 3.05) is 6.61 Å². The number of rotatable bonds is 14. The van der Waals surface area contributed by atoms with Crippen molar-refractivity contribution in [3.8, 4) is 17.1 Å². The summed E-state index contributed by atoms with van der Waals surface area (Å²) in [4.78, 5) is 0. The van der Waals surface area contributed by atoms with Crippen LogP contribution in [0.25, 0.3) is 11.3 Å². The molecule has 33 heavy (non-hydrogen) atoms.